The van der Waals surface area contributed by atoms with E-state index >= 15 is 0 Å². The molecule has 1 heterocycles. The summed E-state index contributed by atoms with van der Waals surface area (Å²) in [6, 6.07) is 0. The topological polar surface area (TPSA) is 63.6 Å². The molecule has 4 fully saturated rings. The fourth-order valence-corrected chi connectivity index (χ4v) is 8.29. The summed E-state index contributed by atoms with van der Waals surface area (Å²) in [4.78, 5) is 24.4. The van der Waals surface area contributed by atoms with Crippen LogP contribution in [0.4, 0.5) is 0 Å². The van der Waals surface area contributed by atoms with Crippen LogP contribution >= 0.6 is 0 Å². The van der Waals surface area contributed by atoms with Crippen molar-refractivity contribution >= 4 is 12.1 Å². The number of carbonyl (C=O) groups is 2. The zero-order valence-electron chi connectivity index (χ0n) is 17.4. The standard InChI is InChI=1S/C24H32O4/c1-21(2)11-15-10-18-17-6-5-14-9-16(26)7-8-22(14,3)20(17)19(27)12-23(18,4)24(15,13-25)28-21/h7-9,13,15,17-20,27H,5-6,10-12H2,1-4H3/t15-,17?,18?,19?,20?,22?,23?,24+/m0/s1. The molecule has 8 atom stereocenters. The van der Waals surface area contributed by atoms with Gasteiger partial charge in [0.15, 0.2) is 12.1 Å². The molecule has 4 aliphatic carbocycles. The van der Waals surface area contributed by atoms with E-state index in [4.69, 9.17) is 4.74 Å². The highest BCUT2D eigenvalue weighted by Gasteiger charge is 2.73. The lowest BCUT2D eigenvalue weighted by molar-refractivity contribution is -0.196. The fourth-order valence-electron chi connectivity index (χ4n) is 8.29. The Kier molecular flexibility index (Phi) is 3.65. The molecule has 6 unspecified atom stereocenters. The zero-order chi connectivity index (χ0) is 20.1. The van der Waals surface area contributed by atoms with Crippen molar-refractivity contribution in [3.63, 3.8) is 0 Å². The maximum Gasteiger partial charge on any atom is 0.178 e. The van der Waals surface area contributed by atoms with E-state index in [0.29, 0.717) is 18.3 Å². The first-order valence-electron chi connectivity index (χ1n) is 10.9. The van der Waals surface area contributed by atoms with Gasteiger partial charge in [-0.3, -0.25) is 4.79 Å². The van der Waals surface area contributed by atoms with Crippen LogP contribution in [0.3, 0.4) is 0 Å². The molecule has 0 aromatic heterocycles. The molecule has 0 amide bonds. The number of carbonyl (C=O) groups excluding carboxylic acids is 2. The molecule has 1 N–H and O–H groups in total. The Bertz CT molecular complexity index is 809. The van der Waals surface area contributed by atoms with Crippen LogP contribution in [-0.2, 0) is 14.3 Å². The highest BCUT2D eigenvalue weighted by Crippen LogP contribution is 2.71. The molecule has 152 valence electrons. The maximum atomic E-state index is 12.5. The number of aliphatic hydroxyl groups excluding tert-OH is 1. The van der Waals surface area contributed by atoms with Gasteiger partial charge in [-0.15, -0.1) is 0 Å². The van der Waals surface area contributed by atoms with Gasteiger partial charge in [0.05, 0.1) is 11.7 Å². The molecule has 28 heavy (non-hydrogen) atoms. The molecule has 5 rings (SSSR count). The number of fused-ring (bicyclic) bond motifs is 7. The van der Waals surface area contributed by atoms with Crippen LogP contribution in [-0.4, -0.2) is 34.5 Å². The predicted octanol–water partition coefficient (Wildman–Crippen LogP) is 3.63. The monoisotopic (exact) mass is 384 g/mol. The number of rotatable bonds is 1. The van der Waals surface area contributed by atoms with Gasteiger partial charge in [0, 0.05) is 16.7 Å². The summed E-state index contributed by atoms with van der Waals surface area (Å²) in [5.74, 6) is 1.12. The Hall–Kier alpha value is -1.26. The van der Waals surface area contributed by atoms with E-state index in [2.05, 4.69) is 27.7 Å². The van der Waals surface area contributed by atoms with E-state index in [9.17, 15) is 14.7 Å². The zero-order valence-corrected chi connectivity index (χ0v) is 17.4. The average Bonchev–Trinajstić information content (AvgIpc) is 3.01. The van der Waals surface area contributed by atoms with Crippen molar-refractivity contribution in [3.05, 3.63) is 23.8 Å². The summed E-state index contributed by atoms with van der Waals surface area (Å²) >= 11 is 0. The van der Waals surface area contributed by atoms with E-state index in [-0.39, 0.29) is 34.1 Å². The van der Waals surface area contributed by atoms with Crippen LogP contribution in [0, 0.1) is 34.5 Å². The highest BCUT2D eigenvalue weighted by atomic mass is 16.5. The van der Waals surface area contributed by atoms with Crippen LogP contribution in [0.25, 0.3) is 0 Å². The summed E-state index contributed by atoms with van der Waals surface area (Å²) < 4.78 is 6.51. The Balaban J connectivity index is 1.57. The van der Waals surface area contributed by atoms with E-state index in [1.807, 2.05) is 6.08 Å². The van der Waals surface area contributed by atoms with Gasteiger partial charge in [0.25, 0.3) is 0 Å². The van der Waals surface area contributed by atoms with Crippen molar-refractivity contribution in [2.24, 2.45) is 34.5 Å². The second-order valence-corrected chi connectivity index (χ2v) is 11.1. The van der Waals surface area contributed by atoms with E-state index < -0.39 is 11.7 Å². The van der Waals surface area contributed by atoms with Gasteiger partial charge < -0.3 is 14.6 Å². The minimum Gasteiger partial charge on any atom is -0.393 e. The average molecular weight is 385 g/mol. The normalized spacial score (nSPS) is 53.7. The lowest BCUT2D eigenvalue weighted by Gasteiger charge is -2.59. The Morgan fingerprint density at radius 3 is 2.68 bits per heavy atom. The number of hydrogen-bond acceptors (Lipinski definition) is 4. The van der Waals surface area contributed by atoms with Crippen LogP contribution in [0.2, 0.25) is 0 Å². The SMILES string of the molecule is CC1(C)C[C@@H]2CC3C4CCC5=CC(=O)C=CC5(C)C4C(O)CC3(C)[C@]2(C=O)O1. The fraction of sp³-hybridized carbons (Fsp3) is 0.750. The second kappa shape index (κ2) is 5.46. The molecule has 1 saturated heterocycles. The van der Waals surface area contributed by atoms with Gasteiger partial charge in [-0.05, 0) is 75.9 Å². The number of allylic oxidation sites excluding steroid dienone is 4. The largest absolute Gasteiger partial charge is 0.393 e. The molecular weight excluding hydrogens is 352 g/mol. The quantitative estimate of drug-likeness (QED) is 0.701. The third kappa shape index (κ3) is 2.09. The summed E-state index contributed by atoms with van der Waals surface area (Å²) in [5, 5.41) is 11.4. The van der Waals surface area contributed by atoms with Crippen molar-refractivity contribution in [2.75, 3.05) is 0 Å². The maximum absolute atomic E-state index is 12.5. The van der Waals surface area contributed by atoms with E-state index in [1.165, 1.54) is 5.57 Å². The molecule has 0 bridgehead atoms. The third-order valence-corrected chi connectivity index (χ3v) is 9.28. The summed E-state index contributed by atoms with van der Waals surface area (Å²) in [5.41, 5.74) is -0.488. The number of ether oxygens (including phenoxy) is 1. The van der Waals surface area contributed by atoms with Crippen molar-refractivity contribution in [1.29, 1.82) is 0 Å². The Labute approximate surface area is 167 Å². The van der Waals surface area contributed by atoms with Gasteiger partial charge in [-0.2, -0.15) is 0 Å². The van der Waals surface area contributed by atoms with Crippen molar-refractivity contribution in [2.45, 2.75) is 77.1 Å². The molecular formula is C24H32O4. The summed E-state index contributed by atoms with van der Waals surface area (Å²) in [6.07, 6.45) is 10.5. The van der Waals surface area contributed by atoms with E-state index in [1.54, 1.807) is 12.2 Å². The lowest BCUT2D eigenvalue weighted by Crippen LogP contribution is -2.61. The van der Waals surface area contributed by atoms with Gasteiger partial charge in [0.1, 0.15) is 5.60 Å². The first-order valence-corrected chi connectivity index (χ1v) is 10.9. The second-order valence-electron chi connectivity index (χ2n) is 11.1. The molecule has 4 heteroatoms. The first kappa shape index (κ1) is 18.7. The van der Waals surface area contributed by atoms with Crippen LogP contribution in [0.15, 0.2) is 23.8 Å². The Morgan fingerprint density at radius 1 is 1.21 bits per heavy atom. The molecule has 0 aromatic rings. The smallest absolute Gasteiger partial charge is 0.178 e. The minimum atomic E-state index is -0.775. The summed E-state index contributed by atoms with van der Waals surface area (Å²) in [6.45, 7) is 8.55. The van der Waals surface area contributed by atoms with Crippen LogP contribution in [0.1, 0.15) is 59.8 Å². The molecule has 4 nitrogen and oxygen atoms in total. The Morgan fingerprint density at radius 2 is 1.96 bits per heavy atom. The third-order valence-electron chi connectivity index (χ3n) is 9.28. The molecule has 1 aliphatic heterocycles. The number of ketones is 1. The van der Waals surface area contributed by atoms with Crippen molar-refractivity contribution < 1.29 is 19.4 Å². The number of hydrogen-bond donors (Lipinski definition) is 1. The molecule has 5 aliphatic rings. The number of aliphatic hydroxyl groups is 1. The lowest BCUT2D eigenvalue weighted by atomic mass is 9.46. The van der Waals surface area contributed by atoms with Gasteiger partial charge in [-0.1, -0.05) is 25.5 Å². The van der Waals surface area contributed by atoms with Crippen molar-refractivity contribution in [1.82, 2.24) is 0 Å². The minimum absolute atomic E-state index is 0.0620. The molecule has 0 spiro atoms. The van der Waals surface area contributed by atoms with Gasteiger partial charge >= 0.3 is 0 Å². The molecule has 3 saturated carbocycles. The first-order chi connectivity index (χ1) is 13.1. The predicted molar refractivity (Wildman–Crippen MR) is 105 cm³/mol. The van der Waals surface area contributed by atoms with E-state index in [0.717, 1.165) is 32.0 Å². The number of aldehydes is 1. The van der Waals surface area contributed by atoms with Gasteiger partial charge in [-0.25, -0.2) is 0 Å². The molecule has 0 radical (unpaired) electrons. The van der Waals surface area contributed by atoms with Crippen LogP contribution in [0.5, 0.6) is 0 Å². The summed E-state index contributed by atoms with van der Waals surface area (Å²) in [7, 11) is 0. The molecule has 0 aromatic carbocycles. The van der Waals surface area contributed by atoms with Gasteiger partial charge in [0.2, 0.25) is 0 Å². The van der Waals surface area contributed by atoms with Crippen molar-refractivity contribution in [3.8, 4) is 0 Å². The van der Waals surface area contributed by atoms with Crippen LogP contribution < -0.4 is 0 Å². The highest BCUT2D eigenvalue weighted by molar-refractivity contribution is 6.01.